The lowest BCUT2D eigenvalue weighted by Crippen LogP contribution is -2.20. The zero-order chi connectivity index (χ0) is 18.7. The Kier molecular flexibility index (Phi) is 10.4. The number of carboxylic acids is 1. The Balaban J connectivity index is 2.50. The van der Waals surface area contributed by atoms with Gasteiger partial charge in [-0.05, 0) is 38.0 Å². The molecule has 0 amide bonds. The van der Waals surface area contributed by atoms with Gasteiger partial charge in [0.2, 0.25) is 0 Å². The van der Waals surface area contributed by atoms with Crippen molar-refractivity contribution in [2.24, 2.45) is 11.8 Å². The van der Waals surface area contributed by atoms with Crippen molar-refractivity contribution in [3.8, 4) is 0 Å². The second-order valence-electron chi connectivity index (χ2n) is 6.67. The van der Waals surface area contributed by atoms with Gasteiger partial charge in [-0.1, -0.05) is 43.4 Å². The molecule has 5 atom stereocenters. The molecule has 1 fully saturated rings. The lowest BCUT2D eigenvalue weighted by molar-refractivity contribution is -0.137. The maximum Gasteiger partial charge on any atom is 0.303 e. The van der Waals surface area contributed by atoms with Crippen molar-refractivity contribution in [3.63, 3.8) is 0 Å². The van der Waals surface area contributed by atoms with Crippen molar-refractivity contribution >= 4 is 5.97 Å². The molecule has 5 nitrogen and oxygen atoms in total. The van der Waals surface area contributed by atoms with E-state index in [4.69, 9.17) is 5.11 Å². The Morgan fingerprint density at radius 3 is 2.60 bits per heavy atom. The summed E-state index contributed by atoms with van der Waals surface area (Å²) in [7, 11) is 0. The van der Waals surface area contributed by atoms with Crippen molar-refractivity contribution in [2.75, 3.05) is 0 Å². The van der Waals surface area contributed by atoms with E-state index >= 15 is 0 Å². The predicted octanol–water partition coefficient (Wildman–Crippen LogP) is 2.82. The molecule has 0 aromatic heterocycles. The highest BCUT2D eigenvalue weighted by Crippen LogP contribution is 2.36. The molecule has 1 aliphatic rings. The third-order valence-electron chi connectivity index (χ3n) is 4.59. The molecule has 1 aliphatic carbocycles. The summed E-state index contributed by atoms with van der Waals surface area (Å²) in [6, 6.07) is 0. The van der Waals surface area contributed by atoms with E-state index in [-0.39, 0.29) is 18.3 Å². The first-order chi connectivity index (χ1) is 12.0. The summed E-state index contributed by atoms with van der Waals surface area (Å²) < 4.78 is 0. The Hall–Kier alpha value is -1.43. The minimum Gasteiger partial charge on any atom is -0.481 e. The zero-order valence-electron chi connectivity index (χ0n) is 15.0. The number of carboxylic acid groups (broad SMARTS) is 1. The largest absolute Gasteiger partial charge is 0.481 e. The molecule has 0 saturated heterocycles. The highest BCUT2D eigenvalue weighted by Gasteiger charge is 2.39. The molecule has 1 rings (SSSR count). The summed E-state index contributed by atoms with van der Waals surface area (Å²) in [6.45, 7) is 2.04. The van der Waals surface area contributed by atoms with Gasteiger partial charge in [0.1, 0.15) is 0 Å². The number of aliphatic hydroxyl groups excluding tert-OH is 3. The lowest BCUT2D eigenvalue weighted by atomic mass is 9.89. The topological polar surface area (TPSA) is 98.0 Å². The molecule has 0 bridgehead atoms. The molecule has 0 aliphatic heterocycles. The van der Waals surface area contributed by atoms with Gasteiger partial charge in [-0.25, -0.2) is 0 Å². The third kappa shape index (κ3) is 8.47. The van der Waals surface area contributed by atoms with Gasteiger partial charge in [-0.2, -0.15) is 0 Å². The van der Waals surface area contributed by atoms with Crippen molar-refractivity contribution < 1.29 is 25.2 Å². The first-order valence-electron chi connectivity index (χ1n) is 9.20. The van der Waals surface area contributed by atoms with E-state index in [2.05, 4.69) is 0 Å². The molecule has 142 valence electrons. The molecule has 0 radical (unpaired) electrons. The van der Waals surface area contributed by atoms with Crippen molar-refractivity contribution in [3.05, 3.63) is 36.5 Å². The number of carbonyl (C=O) groups is 1. The van der Waals surface area contributed by atoms with Crippen LogP contribution in [0.15, 0.2) is 36.5 Å². The molecule has 0 spiro atoms. The summed E-state index contributed by atoms with van der Waals surface area (Å²) in [5, 5.41) is 38.9. The van der Waals surface area contributed by atoms with Crippen LogP contribution in [-0.4, -0.2) is 44.7 Å². The molecular formula is C20H32O5. The van der Waals surface area contributed by atoms with Gasteiger partial charge in [0, 0.05) is 18.8 Å². The molecule has 5 heteroatoms. The fourth-order valence-electron chi connectivity index (χ4n) is 3.19. The molecule has 0 heterocycles. The molecular weight excluding hydrogens is 320 g/mol. The number of unbranched alkanes of at least 4 members (excludes halogenated alkanes) is 1. The number of aliphatic hydroxyl groups is 3. The van der Waals surface area contributed by atoms with Crippen molar-refractivity contribution in [2.45, 2.75) is 70.2 Å². The highest BCUT2D eigenvalue weighted by molar-refractivity contribution is 5.66. The molecule has 1 saturated carbocycles. The van der Waals surface area contributed by atoms with Crippen LogP contribution < -0.4 is 0 Å². The van der Waals surface area contributed by atoms with Crippen LogP contribution in [0.25, 0.3) is 0 Å². The highest BCUT2D eigenvalue weighted by atomic mass is 16.4. The van der Waals surface area contributed by atoms with E-state index in [1.807, 2.05) is 37.3 Å². The number of allylic oxidation sites excluding steroid dienone is 3. The molecule has 25 heavy (non-hydrogen) atoms. The standard InChI is InChI=1S/C20H32O5/c1-2-3-6-9-15(21)12-13-17-16(18(22)14-19(17)23)10-7-4-5-8-11-20(24)25/h3-4,6-7,12-13,15-19,21-23H,2,5,8-11,14H2,1H3,(H,24,25)/t15-,16+,17-,18-,19+/m0/s1. The van der Waals surface area contributed by atoms with Crippen molar-refractivity contribution in [1.29, 1.82) is 0 Å². The van der Waals surface area contributed by atoms with Crippen LogP contribution in [0.4, 0.5) is 0 Å². The van der Waals surface area contributed by atoms with Crippen LogP contribution >= 0.6 is 0 Å². The van der Waals surface area contributed by atoms with Gasteiger partial charge in [-0.15, -0.1) is 0 Å². The Morgan fingerprint density at radius 1 is 1.16 bits per heavy atom. The number of hydrogen-bond donors (Lipinski definition) is 4. The van der Waals surface area contributed by atoms with E-state index in [9.17, 15) is 20.1 Å². The fraction of sp³-hybridized carbons (Fsp3) is 0.650. The first-order valence-corrected chi connectivity index (χ1v) is 9.20. The van der Waals surface area contributed by atoms with Gasteiger partial charge in [-0.3, -0.25) is 4.79 Å². The van der Waals surface area contributed by atoms with Crippen LogP contribution in [0.2, 0.25) is 0 Å². The van der Waals surface area contributed by atoms with E-state index in [0.717, 1.165) is 6.42 Å². The van der Waals surface area contributed by atoms with Gasteiger partial charge in [0.25, 0.3) is 0 Å². The van der Waals surface area contributed by atoms with E-state index < -0.39 is 24.3 Å². The van der Waals surface area contributed by atoms with Crippen LogP contribution in [0.3, 0.4) is 0 Å². The quantitative estimate of drug-likeness (QED) is 0.339. The van der Waals surface area contributed by atoms with Gasteiger partial charge in [0.15, 0.2) is 0 Å². The monoisotopic (exact) mass is 352 g/mol. The summed E-state index contributed by atoms with van der Waals surface area (Å²) in [5.74, 6) is -1.05. The van der Waals surface area contributed by atoms with Crippen LogP contribution in [-0.2, 0) is 4.79 Å². The maximum absolute atomic E-state index is 10.5. The summed E-state index contributed by atoms with van der Waals surface area (Å²) in [4.78, 5) is 10.5. The summed E-state index contributed by atoms with van der Waals surface area (Å²) in [6.07, 6.45) is 13.5. The molecule has 4 N–H and O–H groups in total. The average molecular weight is 352 g/mol. The minimum atomic E-state index is -0.791. The molecule has 0 aromatic carbocycles. The smallest absolute Gasteiger partial charge is 0.303 e. The second-order valence-corrected chi connectivity index (χ2v) is 6.67. The maximum atomic E-state index is 10.5. The average Bonchev–Trinajstić information content (AvgIpc) is 2.82. The van der Waals surface area contributed by atoms with E-state index in [1.165, 1.54) is 0 Å². The lowest BCUT2D eigenvalue weighted by Gasteiger charge is -2.19. The first kappa shape index (κ1) is 21.6. The normalized spacial score (nSPS) is 28.5. The van der Waals surface area contributed by atoms with Gasteiger partial charge >= 0.3 is 5.97 Å². The van der Waals surface area contributed by atoms with Crippen LogP contribution in [0.1, 0.15) is 51.9 Å². The SMILES string of the molecule is CCC=CC[C@H](O)C=C[C@H]1[C@@H](CC=CCCCC(=O)O)[C@@H](O)C[C@H]1O. The number of aliphatic carboxylic acids is 1. The zero-order valence-corrected chi connectivity index (χ0v) is 15.0. The number of hydrogen-bond acceptors (Lipinski definition) is 4. The Labute approximate surface area is 150 Å². The molecule has 0 aromatic rings. The third-order valence-corrected chi connectivity index (χ3v) is 4.59. The minimum absolute atomic E-state index is 0.0830. The number of rotatable bonds is 11. The van der Waals surface area contributed by atoms with Crippen LogP contribution in [0, 0.1) is 11.8 Å². The van der Waals surface area contributed by atoms with Crippen molar-refractivity contribution in [1.82, 2.24) is 0 Å². The van der Waals surface area contributed by atoms with Gasteiger partial charge < -0.3 is 20.4 Å². The molecule has 0 unspecified atom stereocenters. The Morgan fingerprint density at radius 2 is 1.92 bits per heavy atom. The summed E-state index contributed by atoms with van der Waals surface area (Å²) in [5.41, 5.74) is 0. The summed E-state index contributed by atoms with van der Waals surface area (Å²) >= 11 is 0. The van der Waals surface area contributed by atoms with Crippen LogP contribution in [0.5, 0.6) is 0 Å². The van der Waals surface area contributed by atoms with Gasteiger partial charge in [0.05, 0.1) is 18.3 Å². The van der Waals surface area contributed by atoms with E-state index in [1.54, 1.807) is 6.08 Å². The van der Waals surface area contributed by atoms with E-state index in [0.29, 0.717) is 32.1 Å². The Bertz CT molecular complexity index is 469. The fourth-order valence-corrected chi connectivity index (χ4v) is 3.19. The predicted molar refractivity (Wildman–Crippen MR) is 98.0 cm³/mol. The second kappa shape index (κ2) is 12.0.